The van der Waals surface area contributed by atoms with Crippen LogP contribution in [0.2, 0.25) is 0 Å². The summed E-state index contributed by atoms with van der Waals surface area (Å²) in [5, 5.41) is 0. The SMILES string of the molecule is CCC(=O)[N+]OS. The number of hydroxylamine groups is 1. The predicted octanol–water partition coefficient (Wildman–Crippen LogP) is 0.304. The molecule has 2 radical (unpaired) electrons. The summed E-state index contributed by atoms with van der Waals surface area (Å²) in [4.78, 5) is 10.1. The molecule has 0 N–H and O–H groups in total. The van der Waals surface area contributed by atoms with Gasteiger partial charge in [-0.15, -0.1) is 0 Å². The molecule has 0 heterocycles. The van der Waals surface area contributed by atoms with Gasteiger partial charge in [0, 0.05) is 0 Å². The Balaban J connectivity index is 3.00. The van der Waals surface area contributed by atoms with Gasteiger partial charge >= 0.3 is 11.4 Å². The number of rotatable bonds is 2. The van der Waals surface area contributed by atoms with E-state index in [9.17, 15) is 4.79 Å². The summed E-state index contributed by atoms with van der Waals surface area (Å²) >= 11 is 3.23. The van der Waals surface area contributed by atoms with Gasteiger partial charge in [-0.25, -0.2) is 4.79 Å². The Bertz CT molecular complexity index is 66.0. The van der Waals surface area contributed by atoms with Crippen LogP contribution in [0.4, 0.5) is 0 Å². The number of carbonyl (C=O) groups is 1. The fourth-order valence-electron chi connectivity index (χ4n) is 0.110. The fourth-order valence-corrected chi connectivity index (χ4v) is 0.201. The highest BCUT2D eigenvalue weighted by molar-refractivity contribution is 7.75. The highest BCUT2D eigenvalue weighted by Crippen LogP contribution is 1.78. The number of thiol groups is 1. The zero-order valence-electron chi connectivity index (χ0n) is 3.92. The molecule has 0 fully saturated rings. The quantitative estimate of drug-likeness (QED) is 0.323. The zero-order chi connectivity index (χ0) is 5.70. The van der Waals surface area contributed by atoms with E-state index in [1.165, 1.54) is 0 Å². The Morgan fingerprint density at radius 2 is 2.57 bits per heavy atom. The van der Waals surface area contributed by atoms with Crippen molar-refractivity contribution in [2.24, 2.45) is 0 Å². The monoisotopic (exact) mass is 120 g/mol. The predicted molar refractivity (Wildman–Crippen MR) is 27.5 cm³/mol. The van der Waals surface area contributed by atoms with E-state index in [-0.39, 0.29) is 5.91 Å². The minimum atomic E-state index is -0.296. The average Bonchev–Trinajstić information content (AvgIpc) is 1.68. The topological polar surface area (TPSA) is 40.4 Å². The second-order valence-electron chi connectivity index (χ2n) is 0.920. The summed E-state index contributed by atoms with van der Waals surface area (Å²) in [6.07, 6.45) is 0.362. The van der Waals surface area contributed by atoms with Crippen LogP contribution in [-0.2, 0) is 9.08 Å². The molecule has 7 heavy (non-hydrogen) atoms. The van der Waals surface area contributed by atoms with Crippen molar-refractivity contribution in [3.05, 3.63) is 0 Å². The number of carbonyl (C=O) groups excluding carboxylic acids is 1. The summed E-state index contributed by atoms with van der Waals surface area (Å²) in [6.45, 7) is 1.69. The standard InChI is InChI=1S/C3H6NO2S/c1-2-3(5)4-6-7/h7H,2H2,1H3/q+1. The maximum absolute atomic E-state index is 10.1. The first-order valence-electron chi connectivity index (χ1n) is 1.85. The van der Waals surface area contributed by atoms with Crippen LogP contribution in [-0.4, -0.2) is 5.91 Å². The zero-order valence-corrected chi connectivity index (χ0v) is 4.81. The minimum Gasteiger partial charge on any atom is -0.213 e. The molecule has 1 amide bonds. The Labute approximate surface area is 47.6 Å². The van der Waals surface area contributed by atoms with Crippen LogP contribution in [0.25, 0.3) is 0 Å². The van der Waals surface area contributed by atoms with Crippen molar-refractivity contribution >= 4 is 18.8 Å². The molecule has 0 bridgehead atoms. The van der Waals surface area contributed by atoms with Crippen LogP contribution in [0.15, 0.2) is 0 Å². The van der Waals surface area contributed by atoms with Gasteiger partial charge in [0.25, 0.3) is 0 Å². The lowest BCUT2D eigenvalue weighted by Crippen LogP contribution is -2.09. The van der Waals surface area contributed by atoms with Gasteiger partial charge < -0.3 is 0 Å². The summed E-state index contributed by atoms with van der Waals surface area (Å²) in [7, 11) is 0. The molecular formula is C3H6NO2S+. The molecule has 0 unspecified atom stereocenters. The number of hydrogen-bond acceptors (Lipinski definition) is 3. The highest BCUT2D eigenvalue weighted by atomic mass is 32.1. The Morgan fingerprint density at radius 3 is 2.71 bits per heavy atom. The molecule has 0 aromatic carbocycles. The Kier molecular flexibility index (Phi) is 4.07. The minimum absolute atomic E-state index is 0.296. The second-order valence-corrected chi connectivity index (χ2v) is 1.08. The van der Waals surface area contributed by atoms with Gasteiger partial charge in [-0.05, 0) is 4.28 Å². The molecule has 3 nitrogen and oxygen atoms in total. The molecule has 0 aliphatic carbocycles. The highest BCUT2D eigenvalue weighted by Gasteiger charge is 2.15. The molecule has 0 saturated carbocycles. The van der Waals surface area contributed by atoms with Crippen molar-refractivity contribution in [3.63, 3.8) is 0 Å². The van der Waals surface area contributed by atoms with E-state index in [1.54, 1.807) is 6.92 Å². The van der Waals surface area contributed by atoms with Crippen LogP contribution in [0.5, 0.6) is 0 Å². The lowest BCUT2D eigenvalue weighted by molar-refractivity contribution is -0.127. The van der Waals surface area contributed by atoms with Crippen LogP contribution >= 0.6 is 12.9 Å². The van der Waals surface area contributed by atoms with Gasteiger partial charge in [0.1, 0.15) is 0 Å². The Hall–Kier alpha value is -0.0600. The molecular weight excluding hydrogens is 114 g/mol. The number of amides is 1. The maximum Gasteiger partial charge on any atom is 0.471 e. The molecule has 0 aromatic rings. The van der Waals surface area contributed by atoms with Gasteiger partial charge in [0.2, 0.25) is 0 Å². The summed E-state index contributed by atoms with van der Waals surface area (Å²) in [5.74, 6) is -0.296. The molecule has 0 saturated heterocycles. The van der Waals surface area contributed by atoms with Crippen LogP contribution in [0.1, 0.15) is 13.3 Å². The molecule has 40 valence electrons. The molecule has 4 heteroatoms. The molecule has 0 rings (SSSR count). The van der Waals surface area contributed by atoms with E-state index in [0.29, 0.717) is 6.42 Å². The van der Waals surface area contributed by atoms with Gasteiger partial charge in [-0.1, -0.05) is 6.92 Å². The van der Waals surface area contributed by atoms with Gasteiger partial charge in [0.05, 0.1) is 19.3 Å². The molecule has 0 atom stereocenters. The molecule has 0 aliphatic heterocycles. The lowest BCUT2D eigenvalue weighted by Gasteiger charge is -1.66. The maximum atomic E-state index is 10.1. The Morgan fingerprint density at radius 1 is 2.00 bits per heavy atom. The largest absolute Gasteiger partial charge is 0.471 e. The lowest BCUT2D eigenvalue weighted by atomic mass is 10.5. The van der Waals surface area contributed by atoms with Crippen molar-refractivity contribution in [1.29, 1.82) is 0 Å². The summed E-state index contributed by atoms with van der Waals surface area (Å²) in [6, 6.07) is 0. The van der Waals surface area contributed by atoms with E-state index in [0.717, 1.165) is 0 Å². The van der Waals surface area contributed by atoms with E-state index in [2.05, 4.69) is 22.7 Å². The second kappa shape index (κ2) is 4.11. The van der Waals surface area contributed by atoms with E-state index < -0.39 is 0 Å². The van der Waals surface area contributed by atoms with E-state index in [1.807, 2.05) is 0 Å². The van der Waals surface area contributed by atoms with E-state index >= 15 is 0 Å². The average molecular weight is 120 g/mol. The van der Waals surface area contributed by atoms with Crippen LogP contribution < -0.4 is 5.48 Å². The first-order chi connectivity index (χ1) is 3.31. The van der Waals surface area contributed by atoms with Crippen molar-refractivity contribution < 1.29 is 9.08 Å². The van der Waals surface area contributed by atoms with Crippen LogP contribution in [0, 0.1) is 0 Å². The number of nitrogens with zero attached hydrogens (tertiary/aromatic N) is 1. The van der Waals surface area contributed by atoms with Crippen LogP contribution in [0.3, 0.4) is 0 Å². The molecule has 0 spiro atoms. The van der Waals surface area contributed by atoms with Gasteiger partial charge in [0.15, 0.2) is 0 Å². The van der Waals surface area contributed by atoms with Crippen molar-refractivity contribution in [1.82, 2.24) is 5.48 Å². The first-order valence-corrected chi connectivity index (χ1v) is 2.22. The smallest absolute Gasteiger partial charge is 0.213 e. The summed E-state index contributed by atoms with van der Waals surface area (Å²) in [5.41, 5.74) is 2.97. The van der Waals surface area contributed by atoms with Crippen molar-refractivity contribution in [2.45, 2.75) is 13.3 Å². The van der Waals surface area contributed by atoms with E-state index in [4.69, 9.17) is 0 Å². The third-order valence-electron chi connectivity index (χ3n) is 0.445. The third-order valence-corrected chi connectivity index (χ3v) is 0.527. The molecule has 0 aliphatic rings. The fraction of sp³-hybridized carbons (Fsp3) is 0.667. The van der Waals surface area contributed by atoms with Gasteiger partial charge in [-0.3, -0.25) is 0 Å². The molecule has 0 aromatic heterocycles. The number of hydrogen-bond donors (Lipinski definition) is 1. The first kappa shape index (κ1) is 6.94. The van der Waals surface area contributed by atoms with Crippen molar-refractivity contribution in [2.75, 3.05) is 0 Å². The normalized spacial score (nSPS) is 8.86. The van der Waals surface area contributed by atoms with Gasteiger partial charge in [-0.2, -0.15) is 0 Å². The third kappa shape index (κ3) is 3.78. The van der Waals surface area contributed by atoms with Crippen molar-refractivity contribution in [3.8, 4) is 0 Å². The summed E-state index contributed by atoms with van der Waals surface area (Å²) < 4.78 is 3.86.